The number of hydrogen-bond donors (Lipinski definition) is 1. The molecular formula is C17H20N4O2S. The molecular weight excluding hydrogens is 324 g/mol. The number of nitrogens with zero attached hydrogens (tertiary/aromatic N) is 3. The molecule has 0 radical (unpaired) electrons. The number of amides is 3. The quantitative estimate of drug-likeness (QED) is 0.846. The highest BCUT2D eigenvalue weighted by Crippen LogP contribution is 2.42. The molecule has 1 N–H and O–H groups in total. The molecule has 1 saturated carbocycles. The first-order valence-electron chi connectivity index (χ1n) is 8.14. The van der Waals surface area contributed by atoms with Gasteiger partial charge in [-0.15, -0.1) is 11.3 Å². The number of carbonyl (C=O) groups excluding carboxylic acids is 2. The lowest BCUT2D eigenvalue weighted by atomic mass is 9.96. The van der Waals surface area contributed by atoms with Crippen LogP contribution in [-0.2, 0) is 11.3 Å². The van der Waals surface area contributed by atoms with Crippen LogP contribution in [0.2, 0.25) is 0 Å². The van der Waals surface area contributed by atoms with Crippen molar-refractivity contribution in [2.75, 3.05) is 13.7 Å². The van der Waals surface area contributed by atoms with Crippen LogP contribution in [0.4, 0.5) is 4.79 Å². The SMILES string of the molecule is CN(Cc1nc2ccccc2s1)CN1C(=O)N[C@@](C)(C2CC2)C1=O. The second kappa shape index (κ2) is 5.53. The van der Waals surface area contributed by atoms with Crippen LogP contribution >= 0.6 is 11.3 Å². The minimum Gasteiger partial charge on any atom is -0.323 e. The summed E-state index contributed by atoms with van der Waals surface area (Å²) in [5.74, 6) is 0.180. The zero-order valence-electron chi connectivity index (χ0n) is 13.8. The van der Waals surface area contributed by atoms with E-state index in [9.17, 15) is 9.59 Å². The first-order valence-corrected chi connectivity index (χ1v) is 8.96. The van der Waals surface area contributed by atoms with E-state index >= 15 is 0 Å². The van der Waals surface area contributed by atoms with Crippen LogP contribution in [0.3, 0.4) is 0 Å². The van der Waals surface area contributed by atoms with E-state index in [-0.39, 0.29) is 24.5 Å². The number of fused-ring (bicyclic) bond motifs is 1. The molecule has 7 heteroatoms. The third-order valence-corrected chi connectivity index (χ3v) is 5.84. The van der Waals surface area contributed by atoms with Crippen molar-refractivity contribution in [3.8, 4) is 0 Å². The van der Waals surface area contributed by atoms with Crippen molar-refractivity contribution in [3.63, 3.8) is 0 Å². The largest absolute Gasteiger partial charge is 0.326 e. The molecule has 2 aliphatic rings. The maximum atomic E-state index is 12.7. The van der Waals surface area contributed by atoms with Crippen molar-refractivity contribution in [1.29, 1.82) is 0 Å². The molecule has 0 spiro atoms. The number of benzene rings is 1. The lowest BCUT2D eigenvalue weighted by molar-refractivity contribution is -0.132. The molecule has 2 aromatic rings. The summed E-state index contributed by atoms with van der Waals surface area (Å²) in [4.78, 5) is 32.7. The molecule has 0 bridgehead atoms. The fourth-order valence-corrected chi connectivity index (χ4v) is 4.34. The molecule has 2 fully saturated rings. The fourth-order valence-electron chi connectivity index (χ4n) is 3.29. The smallest absolute Gasteiger partial charge is 0.323 e. The number of rotatable bonds is 5. The Morgan fingerprint density at radius 3 is 2.83 bits per heavy atom. The van der Waals surface area contributed by atoms with E-state index in [4.69, 9.17) is 0 Å². The van der Waals surface area contributed by atoms with Gasteiger partial charge in [-0.3, -0.25) is 9.69 Å². The molecule has 1 saturated heterocycles. The van der Waals surface area contributed by atoms with Crippen LogP contribution in [0.5, 0.6) is 0 Å². The summed E-state index contributed by atoms with van der Waals surface area (Å²) in [6.45, 7) is 2.73. The lowest BCUT2D eigenvalue weighted by Crippen LogP contribution is -2.46. The average Bonchev–Trinajstić information content (AvgIpc) is 3.28. The van der Waals surface area contributed by atoms with Gasteiger partial charge in [0.2, 0.25) is 0 Å². The normalized spacial score (nSPS) is 24.2. The van der Waals surface area contributed by atoms with Crippen molar-refractivity contribution in [2.24, 2.45) is 5.92 Å². The minimum atomic E-state index is -0.714. The highest BCUT2D eigenvalue weighted by atomic mass is 32.1. The molecule has 1 aliphatic heterocycles. The maximum absolute atomic E-state index is 12.7. The van der Waals surface area contributed by atoms with Crippen molar-refractivity contribution in [2.45, 2.75) is 31.8 Å². The minimum absolute atomic E-state index is 0.105. The van der Waals surface area contributed by atoms with Gasteiger partial charge in [0, 0.05) is 0 Å². The van der Waals surface area contributed by atoms with Gasteiger partial charge in [0.25, 0.3) is 5.91 Å². The summed E-state index contributed by atoms with van der Waals surface area (Å²) in [7, 11) is 1.90. The van der Waals surface area contributed by atoms with Crippen LogP contribution in [0, 0.1) is 5.92 Å². The Morgan fingerprint density at radius 2 is 2.12 bits per heavy atom. The van der Waals surface area contributed by atoms with Gasteiger partial charge in [0.15, 0.2) is 0 Å². The van der Waals surface area contributed by atoms with Crippen molar-refractivity contribution in [1.82, 2.24) is 20.1 Å². The first kappa shape index (κ1) is 15.5. The molecule has 6 nitrogen and oxygen atoms in total. The molecule has 4 rings (SSSR count). The van der Waals surface area contributed by atoms with Gasteiger partial charge in [-0.2, -0.15) is 0 Å². The molecule has 0 unspecified atom stereocenters. The van der Waals surface area contributed by atoms with Crippen LogP contribution in [0.25, 0.3) is 10.2 Å². The number of carbonyl (C=O) groups is 2. The van der Waals surface area contributed by atoms with E-state index in [1.54, 1.807) is 11.3 Å². The van der Waals surface area contributed by atoms with Gasteiger partial charge in [0.05, 0.1) is 23.4 Å². The van der Waals surface area contributed by atoms with Crippen molar-refractivity contribution in [3.05, 3.63) is 29.3 Å². The maximum Gasteiger partial charge on any atom is 0.326 e. The summed E-state index contributed by atoms with van der Waals surface area (Å²) >= 11 is 1.64. The Labute approximate surface area is 144 Å². The Bertz CT molecular complexity index is 783. The van der Waals surface area contributed by atoms with Gasteiger partial charge >= 0.3 is 6.03 Å². The lowest BCUT2D eigenvalue weighted by Gasteiger charge is -2.23. The molecule has 1 atom stereocenters. The van der Waals surface area contributed by atoms with Crippen LogP contribution < -0.4 is 5.32 Å². The van der Waals surface area contributed by atoms with Gasteiger partial charge in [0.1, 0.15) is 10.5 Å². The molecule has 3 amide bonds. The standard InChI is InChI=1S/C17H20N4O2S/c1-17(11-7-8-11)15(22)21(16(23)19-17)10-20(2)9-14-18-12-5-3-4-6-13(12)24-14/h3-6,11H,7-10H2,1-2H3,(H,19,23)/t17-/m0/s1. The fraction of sp³-hybridized carbons (Fsp3) is 0.471. The second-order valence-corrected chi connectivity index (χ2v) is 7.99. The Balaban J connectivity index is 1.44. The highest BCUT2D eigenvalue weighted by Gasteiger charge is 2.56. The van der Waals surface area contributed by atoms with Gasteiger partial charge in [-0.1, -0.05) is 12.1 Å². The zero-order chi connectivity index (χ0) is 16.9. The van der Waals surface area contributed by atoms with E-state index in [0.29, 0.717) is 6.54 Å². The first-order chi connectivity index (χ1) is 11.5. The second-order valence-electron chi connectivity index (χ2n) is 6.87. The molecule has 1 aromatic carbocycles. The Morgan fingerprint density at radius 1 is 1.38 bits per heavy atom. The summed E-state index contributed by atoms with van der Waals surface area (Å²) in [5, 5.41) is 3.86. The van der Waals surface area contributed by atoms with E-state index in [1.807, 2.05) is 37.1 Å². The third-order valence-electron chi connectivity index (χ3n) is 4.82. The predicted molar refractivity (Wildman–Crippen MR) is 92.5 cm³/mol. The number of hydrogen-bond acceptors (Lipinski definition) is 5. The highest BCUT2D eigenvalue weighted by molar-refractivity contribution is 7.18. The summed E-state index contributed by atoms with van der Waals surface area (Å²) < 4.78 is 1.15. The molecule has 126 valence electrons. The van der Waals surface area contributed by atoms with Crippen LogP contribution in [0.15, 0.2) is 24.3 Å². The van der Waals surface area contributed by atoms with E-state index in [1.165, 1.54) is 4.90 Å². The zero-order valence-corrected chi connectivity index (χ0v) is 14.6. The summed E-state index contributed by atoms with van der Waals surface area (Å²) in [6.07, 6.45) is 2.02. The van der Waals surface area contributed by atoms with Crippen molar-refractivity contribution >= 4 is 33.5 Å². The summed E-state index contributed by atoms with van der Waals surface area (Å²) in [6, 6.07) is 7.73. The molecule has 1 aromatic heterocycles. The number of urea groups is 1. The Kier molecular flexibility index (Phi) is 3.58. The molecule has 2 heterocycles. The third kappa shape index (κ3) is 2.57. The van der Waals surface area contributed by atoms with Crippen LogP contribution in [-0.4, -0.2) is 46.0 Å². The van der Waals surface area contributed by atoms with E-state index in [0.717, 1.165) is 28.1 Å². The summed E-state index contributed by atoms with van der Waals surface area (Å²) in [5.41, 5.74) is 0.274. The number of imide groups is 1. The van der Waals surface area contributed by atoms with E-state index < -0.39 is 5.54 Å². The number of nitrogens with one attached hydrogen (secondary N) is 1. The van der Waals surface area contributed by atoms with Gasteiger partial charge < -0.3 is 5.32 Å². The number of thiazole rings is 1. The number of para-hydroxylation sites is 1. The van der Waals surface area contributed by atoms with Gasteiger partial charge in [-0.05, 0) is 44.9 Å². The van der Waals surface area contributed by atoms with Crippen LogP contribution in [0.1, 0.15) is 24.8 Å². The van der Waals surface area contributed by atoms with Crippen molar-refractivity contribution < 1.29 is 9.59 Å². The predicted octanol–water partition coefficient (Wildman–Crippen LogP) is 2.41. The topological polar surface area (TPSA) is 65.5 Å². The molecule has 1 aliphatic carbocycles. The molecule has 24 heavy (non-hydrogen) atoms. The van der Waals surface area contributed by atoms with E-state index in [2.05, 4.69) is 16.4 Å². The Hall–Kier alpha value is -1.99. The number of aromatic nitrogens is 1. The van der Waals surface area contributed by atoms with Gasteiger partial charge in [-0.25, -0.2) is 14.7 Å². The average molecular weight is 344 g/mol. The monoisotopic (exact) mass is 344 g/mol.